The Morgan fingerprint density at radius 2 is 2.00 bits per heavy atom. The molecule has 0 aliphatic carbocycles. The van der Waals surface area contributed by atoms with Crippen LogP contribution < -0.4 is 10.3 Å². The number of ether oxygens (including phenoxy) is 1. The van der Waals surface area contributed by atoms with E-state index in [0.717, 1.165) is 0 Å². The van der Waals surface area contributed by atoms with Gasteiger partial charge in [-0.05, 0) is 39.0 Å². The normalized spacial score (nSPS) is 11.2. The zero-order valence-electron chi connectivity index (χ0n) is 15.0. The first-order valence-corrected chi connectivity index (χ1v) is 8.51. The quantitative estimate of drug-likeness (QED) is 0.715. The van der Waals surface area contributed by atoms with Gasteiger partial charge in [-0.25, -0.2) is 14.2 Å². The number of nitriles is 1. The third-order valence-electron chi connectivity index (χ3n) is 3.69. The standard InChI is InChI=1S/C19H17ClN4O3/c1-19(2,3)27-18(26)23(15-7-5-4-6-13(15)20)17-10-16(25)12(11-21)14-8-9-22-24(14)17/h4-10,22H,1-3H3. The number of amides is 1. The van der Waals surface area contributed by atoms with E-state index in [4.69, 9.17) is 16.3 Å². The maximum Gasteiger partial charge on any atom is 0.420 e. The Morgan fingerprint density at radius 3 is 2.63 bits per heavy atom. The number of pyridine rings is 1. The van der Waals surface area contributed by atoms with E-state index in [-0.39, 0.29) is 11.4 Å². The molecule has 138 valence electrons. The molecule has 0 atom stereocenters. The van der Waals surface area contributed by atoms with Crippen molar-refractivity contribution in [3.05, 3.63) is 63.4 Å². The predicted molar refractivity (Wildman–Crippen MR) is 103 cm³/mol. The fraction of sp³-hybridized carbons (Fsp3) is 0.211. The van der Waals surface area contributed by atoms with E-state index in [9.17, 15) is 14.9 Å². The van der Waals surface area contributed by atoms with Crippen LogP contribution in [0.3, 0.4) is 0 Å². The van der Waals surface area contributed by atoms with Crippen LogP contribution in [0.15, 0.2) is 47.4 Å². The summed E-state index contributed by atoms with van der Waals surface area (Å²) in [6.45, 7) is 5.22. The summed E-state index contributed by atoms with van der Waals surface area (Å²) in [6, 6.07) is 11.4. The number of nitrogens with zero attached hydrogens (tertiary/aromatic N) is 3. The molecule has 1 N–H and O–H groups in total. The number of carbonyl (C=O) groups excluding carboxylic acids is 1. The third-order valence-corrected chi connectivity index (χ3v) is 4.01. The first-order chi connectivity index (χ1) is 12.7. The number of aromatic amines is 1. The SMILES string of the molecule is CC(C)(C)OC(=O)N(c1ccccc1Cl)c1cc(=O)c(C#N)c2cc[nH]n12. The minimum atomic E-state index is -0.761. The summed E-state index contributed by atoms with van der Waals surface area (Å²) in [5, 5.41) is 12.5. The Morgan fingerprint density at radius 1 is 1.30 bits per heavy atom. The van der Waals surface area contributed by atoms with Crippen molar-refractivity contribution in [3.63, 3.8) is 0 Å². The fourth-order valence-electron chi connectivity index (χ4n) is 2.63. The Labute approximate surface area is 160 Å². The lowest BCUT2D eigenvalue weighted by atomic mass is 10.2. The molecular formula is C19H17ClN4O3. The summed E-state index contributed by atoms with van der Waals surface area (Å²) in [5.41, 5.74) is -0.597. The van der Waals surface area contributed by atoms with E-state index in [2.05, 4.69) is 5.10 Å². The lowest BCUT2D eigenvalue weighted by Gasteiger charge is -2.28. The molecule has 0 spiro atoms. The van der Waals surface area contributed by atoms with Gasteiger partial charge in [0.25, 0.3) is 0 Å². The van der Waals surface area contributed by atoms with Crippen LogP contribution in [-0.2, 0) is 4.74 Å². The van der Waals surface area contributed by atoms with Gasteiger partial charge in [-0.15, -0.1) is 0 Å². The van der Waals surface area contributed by atoms with Crippen LogP contribution >= 0.6 is 11.6 Å². The molecule has 0 aliphatic rings. The van der Waals surface area contributed by atoms with Crippen molar-refractivity contribution in [1.29, 1.82) is 5.26 Å². The van der Waals surface area contributed by atoms with E-state index < -0.39 is 17.1 Å². The minimum Gasteiger partial charge on any atom is -0.443 e. The molecule has 0 unspecified atom stereocenters. The minimum absolute atomic E-state index is 0.0247. The smallest absolute Gasteiger partial charge is 0.420 e. The van der Waals surface area contributed by atoms with Crippen LogP contribution in [0, 0.1) is 11.3 Å². The van der Waals surface area contributed by atoms with Crippen molar-refractivity contribution in [2.75, 3.05) is 4.90 Å². The number of fused-ring (bicyclic) bond motifs is 1. The largest absolute Gasteiger partial charge is 0.443 e. The summed E-state index contributed by atoms with van der Waals surface area (Å²) >= 11 is 6.31. The summed E-state index contributed by atoms with van der Waals surface area (Å²) in [7, 11) is 0. The number of benzene rings is 1. The van der Waals surface area contributed by atoms with Gasteiger partial charge in [0, 0.05) is 12.3 Å². The molecule has 0 saturated carbocycles. The van der Waals surface area contributed by atoms with Gasteiger partial charge < -0.3 is 4.74 Å². The zero-order chi connectivity index (χ0) is 19.8. The average molecular weight is 385 g/mol. The van der Waals surface area contributed by atoms with Crippen molar-refractivity contribution in [1.82, 2.24) is 9.61 Å². The van der Waals surface area contributed by atoms with Gasteiger partial charge in [-0.2, -0.15) is 5.26 Å². The second-order valence-corrected chi connectivity index (χ2v) is 7.21. The highest BCUT2D eigenvalue weighted by Crippen LogP contribution is 2.33. The highest BCUT2D eigenvalue weighted by Gasteiger charge is 2.29. The molecule has 0 fully saturated rings. The van der Waals surface area contributed by atoms with Crippen LogP contribution in [0.25, 0.3) is 5.52 Å². The number of carbonyl (C=O) groups is 1. The van der Waals surface area contributed by atoms with Gasteiger partial charge in [-0.1, -0.05) is 23.7 Å². The zero-order valence-corrected chi connectivity index (χ0v) is 15.7. The van der Waals surface area contributed by atoms with Crippen molar-refractivity contribution >= 4 is 34.7 Å². The maximum absolute atomic E-state index is 13.0. The van der Waals surface area contributed by atoms with Gasteiger partial charge >= 0.3 is 6.09 Å². The number of anilines is 2. The van der Waals surface area contributed by atoms with Gasteiger partial charge in [0.1, 0.15) is 23.1 Å². The number of hydrogen-bond donors (Lipinski definition) is 1. The molecule has 1 aromatic carbocycles. The molecule has 0 saturated heterocycles. The topological polar surface area (TPSA) is 90.6 Å². The van der Waals surface area contributed by atoms with E-state index in [1.165, 1.54) is 15.5 Å². The first kappa shape index (κ1) is 18.5. The maximum atomic E-state index is 13.0. The van der Waals surface area contributed by atoms with Crippen LogP contribution in [0.5, 0.6) is 0 Å². The molecule has 1 amide bonds. The van der Waals surface area contributed by atoms with Gasteiger partial charge in [0.2, 0.25) is 5.43 Å². The molecule has 2 heterocycles. The number of nitrogens with one attached hydrogen (secondary N) is 1. The van der Waals surface area contributed by atoms with Gasteiger partial charge in [0.05, 0.1) is 16.2 Å². The average Bonchev–Trinajstić information content (AvgIpc) is 3.05. The van der Waals surface area contributed by atoms with Crippen molar-refractivity contribution in [2.24, 2.45) is 0 Å². The van der Waals surface area contributed by atoms with E-state index in [1.54, 1.807) is 57.3 Å². The Hall–Kier alpha value is -3.24. The molecule has 0 bridgehead atoms. The highest BCUT2D eigenvalue weighted by molar-refractivity contribution is 6.34. The number of para-hydroxylation sites is 1. The molecule has 2 aromatic heterocycles. The second-order valence-electron chi connectivity index (χ2n) is 6.80. The summed E-state index contributed by atoms with van der Waals surface area (Å²) in [5.74, 6) is 0.182. The third kappa shape index (κ3) is 3.52. The molecule has 3 rings (SSSR count). The van der Waals surface area contributed by atoms with Gasteiger partial charge in [0.15, 0.2) is 0 Å². The van der Waals surface area contributed by atoms with Crippen LogP contribution in [0.2, 0.25) is 5.02 Å². The molecule has 7 nitrogen and oxygen atoms in total. The highest BCUT2D eigenvalue weighted by atomic mass is 35.5. The van der Waals surface area contributed by atoms with Crippen LogP contribution in [0.1, 0.15) is 26.3 Å². The van der Waals surface area contributed by atoms with E-state index in [1.807, 2.05) is 6.07 Å². The van der Waals surface area contributed by atoms with E-state index in [0.29, 0.717) is 16.2 Å². The second kappa shape index (κ2) is 6.82. The van der Waals surface area contributed by atoms with E-state index >= 15 is 0 Å². The lowest BCUT2D eigenvalue weighted by molar-refractivity contribution is 0.0597. The number of rotatable bonds is 2. The molecular weight excluding hydrogens is 368 g/mol. The van der Waals surface area contributed by atoms with Crippen molar-refractivity contribution in [3.8, 4) is 6.07 Å². The van der Waals surface area contributed by atoms with Gasteiger partial charge in [-0.3, -0.25) is 9.89 Å². The molecule has 27 heavy (non-hydrogen) atoms. The predicted octanol–water partition coefficient (Wildman–Crippen LogP) is 4.23. The lowest BCUT2D eigenvalue weighted by Crippen LogP contribution is -2.35. The summed E-state index contributed by atoms with van der Waals surface area (Å²) < 4.78 is 6.99. The molecule has 3 aromatic rings. The Bertz CT molecular complexity index is 1120. The van der Waals surface area contributed by atoms with Crippen LogP contribution in [-0.4, -0.2) is 21.3 Å². The molecule has 0 radical (unpaired) electrons. The first-order valence-electron chi connectivity index (χ1n) is 8.14. The van der Waals surface area contributed by atoms with Crippen LogP contribution in [0.4, 0.5) is 16.3 Å². The monoisotopic (exact) mass is 384 g/mol. The summed E-state index contributed by atoms with van der Waals surface area (Å²) in [4.78, 5) is 26.7. The Kier molecular flexibility index (Phi) is 4.68. The Balaban J connectivity index is 2.30. The number of H-pyrrole nitrogens is 1. The van der Waals surface area contributed by atoms with Crippen molar-refractivity contribution in [2.45, 2.75) is 26.4 Å². The fourth-order valence-corrected chi connectivity index (χ4v) is 2.85. The van der Waals surface area contributed by atoms with Crippen molar-refractivity contribution < 1.29 is 9.53 Å². The number of aromatic nitrogens is 2. The summed E-state index contributed by atoms with van der Waals surface area (Å²) in [6.07, 6.45) is 0.863. The molecule has 8 heteroatoms. The number of halogens is 1. The molecule has 0 aliphatic heterocycles. The number of hydrogen-bond acceptors (Lipinski definition) is 4.